The summed E-state index contributed by atoms with van der Waals surface area (Å²) in [7, 11) is 0. The molecular weight excluding hydrogens is 204 g/mol. The van der Waals surface area contributed by atoms with Crippen molar-refractivity contribution >= 4 is 12.0 Å². The summed E-state index contributed by atoms with van der Waals surface area (Å²) in [5.41, 5.74) is 9.23. The Morgan fingerprint density at radius 2 is 2.19 bits per heavy atom. The summed E-state index contributed by atoms with van der Waals surface area (Å²) in [6, 6.07) is 9.74. The number of nitrogens with zero attached hydrogens (tertiary/aromatic N) is 2. The molecule has 4 nitrogen and oxygen atoms in total. The summed E-state index contributed by atoms with van der Waals surface area (Å²) < 4.78 is 5.48. The first-order chi connectivity index (χ1) is 7.72. The van der Waals surface area contributed by atoms with E-state index < -0.39 is 0 Å². The number of hydrogen-bond acceptors (Lipinski definition) is 2. The van der Waals surface area contributed by atoms with Crippen molar-refractivity contribution in [1.82, 2.24) is 0 Å². The summed E-state index contributed by atoms with van der Waals surface area (Å²) in [6.07, 6.45) is 0.921. The lowest BCUT2D eigenvalue weighted by molar-refractivity contribution is -0.118. The van der Waals surface area contributed by atoms with Crippen molar-refractivity contribution in [3.8, 4) is 0 Å². The van der Waals surface area contributed by atoms with Gasteiger partial charge in [0.25, 0.3) is 0 Å². The van der Waals surface area contributed by atoms with Crippen LogP contribution in [-0.4, -0.2) is 22.9 Å². The monoisotopic (exact) mass is 218 g/mol. The maximum Gasteiger partial charge on any atom is 0.323 e. The second kappa shape index (κ2) is 6.67. The molecule has 1 aromatic rings. The molecule has 0 saturated carbocycles. The van der Waals surface area contributed by atoms with Crippen LogP contribution in [-0.2, 0) is 16.1 Å². The molecule has 0 saturated heterocycles. The molecule has 0 N–H and O–H groups in total. The van der Waals surface area contributed by atoms with Gasteiger partial charge in [0, 0.05) is 6.42 Å². The number of carbonyl (C=O) groups is 1. The molecule has 0 spiro atoms. The third-order valence-corrected chi connectivity index (χ3v) is 2.07. The van der Waals surface area contributed by atoms with Crippen LogP contribution in [0.3, 0.4) is 0 Å². The number of benzene rings is 1. The van der Waals surface area contributed by atoms with E-state index in [-0.39, 0.29) is 18.3 Å². The van der Waals surface area contributed by atoms with E-state index in [4.69, 9.17) is 10.3 Å². The Labute approximate surface area is 94.5 Å². The molecule has 0 radical (unpaired) electrons. The highest BCUT2D eigenvalue weighted by Crippen LogP contribution is 2.05. The van der Waals surface area contributed by atoms with E-state index in [0.29, 0.717) is 6.61 Å². The van der Waals surface area contributed by atoms with E-state index >= 15 is 0 Å². The first-order valence-electron chi connectivity index (χ1n) is 5.08. The van der Waals surface area contributed by atoms with Gasteiger partial charge in [0.2, 0.25) is 5.78 Å². The Morgan fingerprint density at radius 3 is 2.81 bits per heavy atom. The molecule has 4 heteroatoms. The van der Waals surface area contributed by atoms with Gasteiger partial charge in [-0.25, -0.2) is 0 Å². The maximum absolute atomic E-state index is 11.1. The minimum Gasteiger partial charge on any atom is -0.373 e. The van der Waals surface area contributed by atoms with Crippen LogP contribution >= 0.6 is 0 Å². The molecule has 1 atom stereocenters. The highest BCUT2D eigenvalue weighted by atomic mass is 16.5. The van der Waals surface area contributed by atoms with Crippen molar-refractivity contribution in [3.05, 3.63) is 41.4 Å². The van der Waals surface area contributed by atoms with Crippen molar-refractivity contribution < 1.29 is 14.3 Å². The van der Waals surface area contributed by atoms with Gasteiger partial charge < -0.3 is 10.3 Å². The molecule has 16 heavy (non-hydrogen) atoms. The molecule has 0 aromatic heterocycles. The highest BCUT2D eigenvalue weighted by Gasteiger charge is 2.10. The Balaban J connectivity index is 2.33. The smallest absolute Gasteiger partial charge is 0.323 e. The van der Waals surface area contributed by atoms with Crippen LogP contribution in [0.1, 0.15) is 18.9 Å². The van der Waals surface area contributed by atoms with Crippen LogP contribution in [0.25, 0.3) is 5.53 Å². The summed E-state index contributed by atoms with van der Waals surface area (Å²) in [5, 5.41) is 0. The van der Waals surface area contributed by atoms with Crippen LogP contribution in [0.15, 0.2) is 30.3 Å². The third kappa shape index (κ3) is 4.64. The lowest BCUT2D eigenvalue weighted by Crippen LogP contribution is -2.15. The number of carbonyl (C=O) groups excluding carboxylic acids is 1. The Bertz CT molecular complexity index is 383. The molecule has 0 amide bonds. The predicted octanol–water partition coefficient (Wildman–Crippen LogP) is 1.85. The summed E-state index contributed by atoms with van der Waals surface area (Å²) in [5.74, 6) is -0.247. The first kappa shape index (κ1) is 12.3. The van der Waals surface area contributed by atoms with Gasteiger partial charge in [-0.3, -0.25) is 4.79 Å². The Kier molecular flexibility index (Phi) is 5.12. The topological polar surface area (TPSA) is 62.7 Å². The van der Waals surface area contributed by atoms with Crippen LogP contribution in [0.5, 0.6) is 0 Å². The molecule has 84 valence electrons. The van der Waals surface area contributed by atoms with Crippen molar-refractivity contribution in [3.63, 3.8) is 0 Å². The Morgan fingerprint density at radius 1 is 1.50 bits per heavy atom. The van der Waals surface area contributed by atoms with Crippen LogP contribution < -0.4 is 0 Å². The SMILES string of the molecule is CC(CC(=O)C=[N+]=[N-])OCc1ccccc1. The fourth-order valence-electron chi connectivity index (χ4n) is 1.27. The zero-order chi connectivity index (χ0) is 11.8. The number of rotatable bonds is 6. The zero-order valence-corrected chi connectivity index (χ0v) is 9.17. The van der Waals surface area contributed by atoms with Gasteiger partial charge in [0.05, 0.1) is 12.7 Å². The molecule has 0 aliphatic rings. The van der Waals surface area contributed by atoms with Gasteiger partial charge in [-0.2, -0.15) is 4.79 Å². The van der Waals surface area contributed by atoms with E-state index in [1.807, 2.05) is 37.3 Å². The quantitative estimate of drug-likeness (QED) is 0.415. The number of ketones is 1. The van der Waals surface area contributed by atoms with E-state index in [1.54, 1.807) is 0 Å². The number of ether oxygens (including phenoxy) is 1. The van der Waals surface area contributed by atoms with Crippen LogP contribution in [0, 0.1) is 0 Å². The van der Waals surface area contributed by atoms with Crippen LogP contribution in [0.4, 0.5) is 0 Å². The van der Waals surface area contributed by atoms with Gasteiger partial charge in [-0.05, 0) is 12.5 Å². The van der Waals surface area contributed by atoms with E-state index in [1.165, 1.54) is 0 Å². The van der Waals surface area contributed by atoms with Gasteiger partial charge in [-0.15, -0.1) is 0 Å². The minimum atomic E-state index is -0.247. The molecule has 1 unspecified atom stereocenters. The second-order valence-electron chi connectivity index (χ2n) is 3.52. The fraction of sp³-hybridized carbons (Fsp3) is 0.333. The van der Waals surface area contributed by atoms with E-state index in [0.717, 1.165) is 11.8 Å². The first-order valence-corrected chi connectivity index (χ1v) is 5.08. The Hall–Kier alpha value is -1.77. The maximum atomic E-state index is 11.1. The molecule has 0 heterocycles. The largest absolute Gasteiger partial charge is 0.373 e. The average molecular weight is 218 g/mol. The standard InChI is InChI=1S/C12H14N2O2/c1-10(7-12(15)8-14-13)16-9-11-5-3-2-4-6-11/h2-6,8,10H,7,9H2,1H3. The molecular formula is C12H14N2O2. The van der Waals surface area contributed by atoms with E-state index in [9.17, 15) is 4.79 Å². The summed E-state index contributed by atoms with van der Waals surface area (Å²) in [6.45, 7) is 2.29. The summed E-state index contributed by atoms with van der Waals surface area (Å²) >= 11 is 0. The molecule has 0 fully saturated rings. The van der Waals surface area contributed by atoms with Crippen molar-refractivity contribution in [2.24, 2.45) is 0 Å². The number of hydrogen-bond donors (Lipinski definition) is 0. The fourth-order valence-corrected chi connectivity index (χ4v) is 1.27. The van der Waals surface area contributed by atoms with Gasteiger partial charge >= 0.3 is 6.21 Å². The highest BCUT2D eigenvalue weighted by molar-refractivity contribution is 6.25. The van der Waals surface area contributed by atoms with Crippen molar-refractivity contribution in [2.45, 2.75) is 26.1 Å². The number of Topliss-reactive ketones (excluding diaryl/α,β-unsaturated/α-hetero) is 1. The molecule has 0 aliphatic carbocycles. The molecule has 1 aromatic carbocycles. The minimum absolute atomic E-state index is 0.189. The molecule has 0 bridgehead atoms. The lowest BCUT2D eigenvalue weighted by Gasteiger charge is -2.10. The van der Waals surface area contributed by atoms with Crippen molar-refractivity contribution in [1.29, 1.82) is 0 Å². The van der Waals surface area contributed by atoms with Gasteiger partial charge in [-0.1, -0.05) is 30.3 Å². The lowest BCUT2D eigenvalue weighted by atomic mass is 10.2. The van der Waals surface area contributed by atoms with Crippen LogP contribution in [0.2, 0.25) is 0 Å². The predicted molar refractivity (Wildman–Crippen MR) is 60.0 cm³/mol. The van der Waals surface area contributed by atoms with Crippen molar-refractivity contribution in [2.75, 3.05) is 0 Å². The summed E-state index contributed by atoms with van der Waals surface area (Å²) in [4.78, 5) is 13.8. The normalized spacial score (nSPS) is 11.6. The average Bonchev–Trinajstić information content (AvgIpc) is 2.28. The van der Waals surface area contributed by atoms with Gasteiger partial charge in [0.15, 0.2) is 0 Å². The third-order valence-electron chi connectivity index (χ3n) is 2.07. The molecule has 1 rings (SSSR count). The van der Waals surface area contributed by atoms with Gasteiger partial charge in [0.1, 0.15) is 0 Å². The molecule has 0 aliphatic heterocycles. The second-order valence-corrected chi connectivity index (χ2v) is 3.52. The van der Waals surface area contributed by atoms with E-state index in [2.05, 4.69) is 4.79 Å². The zero-order valence-electron chi connectivity index (χ0n) is 9.17.